The van der Waals surface area contributed by atoms with Crippen molar-refractivity contribution in [3.8, 4) is 6.07 Å². The molecule has 0 aliphatic rings. The maximum atomic E-state index is 8.78. The largest absolute Gasteiger partial charge is 0.398 e. The topological polar surface area (TPSA) is 70.9 Å². The molecule has 1 aromatic heterocycles. The van der Waals surface area contributed by atoms with Crippen LogP contribution in [0.4, 0.5) is 11.4 Å². The van der Waals surface area contributed by atoms with Gasteiger partial charge in [-0.1, -0.05) is 0 Å². The van der Waals surface area contributed by atoms with Crippen LogP contribution in [0.5, 0.6) is 0 Å². The SMILES string of the molecule is CN(Cc1nccn1C)c1ccc(N)c(CC#N)c1. The molecule has 98 valence electrons. The number of nitrogen functional groups attached to an aromatic ring is 1. The minimum Gasteiger partial charge on any atom is -0.398 e. The number of aryl methyl sites for hydroxylation is 1. The Kier molecular flexibility index (Phi) is 3.71. The fourth-order valence-corrected chi connectivity index (χ4v) is 1.92. The molecule has 0 bridgehead atoms. The Morgan fingerprint density at radius 2 is 2.26 bits per heavy atom. The quantitative estimate of drug-likeness (QED) is 0.844. The molecule has 2 aromatic rings. The van der Waals surface area contributed by atoms with Gasteiger partial charge in [-0.05, 0) is 23.8 Å². The lowest BCUT2D eigenvalue weighted by atomic mass is 10.1. The highest BCUT2D eigenvalue weighted by Crippen LogP contribution is 2.21. The molecular formula is C14H17N5. The Labute approximate surface area is 112 Å². The smallest absolute Gasteiger partial charge is 0.127 e. The van der Waals surface area contributed by atoms with E-state index in [2.05, 4.69) is 16.0 Å². The van der Waals surface area contributed by atoms with Gasteiger partial charge in [0.2, 0.25) is 0 Å². The molecule has 19 heavy (non-hydrogen) atoms. The van der Waals surface area contributed by atoms with E-state index >= 15 is 0 Å². The Morgan fingerprint density at radius 3 is 2.89 bits per heavy atom. The Morgan fingerprint density at radius 1 is 1.47 bits per heavy atom. The van der Waals surface area contributed by atoms with Gasteiger partial charge in [-0.2, -0.15) is 5.26 Å². The molecule has 0 aliphatic carbocycles. The standard InChI is InChI=1S/C14H17N5/c1-18-8-7-17-14(18)10-19(2)12-3-4-13(16)11(9-12)5-6-15/h3-4,7-9H,5,10,16H2,1-2H3. The second-order valence-corrected chi connectivity index (χ2v) is 4.53. The predicted octanol–water partition coefficient (Wildman–Crippen LogP) is 1.70. The van der Waals surface area contributed by atoms with Crippen LogP contribution in [0.2, 0.25) is 0 Å². The number of imidazole rings is 1. The van der Waals surface area contributed by atoms with Crippen molar-refractivity contribution in [1.82, 2.24) is 9.55 Å². The van der Waals surface area contributed by atoms with E-state index in [4.69, 9.17) is 11.0 Å². The number of rotatable bonds is 4. The van der Waals surface area contributed by atoms with E-state index in [1.165, 1.54) is 0 Å². The van der Waals surface area contributed by atoms with Crippen LogP contribution in [0.3, 0.4) is 0 Å². The van der Waals surface area contributed by atoms with Crippen molar-refractivity contribution in [3.05, 3.63) is 42.0 Å². The molecule has 1 aromatic carbocycles. The van der Waals surface area contributed by atoms with Crippen molar-refractivity contribution < 1.29 is 0 Å². The number of nitrogens with zero attached hydrogens (tertiary/aromatic N) is 4. The molecule has 0 saturated heterocycles. The zero-order chi connectivity index (χ0) is 13.8. The third-order valence-electron chi connectivity index (χ3n) is 3.14. The van der Waals surface area contributed by atoms with Crippen molar-refractivity contribution in [1.29, 1.82) is 5.26 Å². The predicted molar refractivity (Wildman–Crippen MR) is 75.5 cm³/mol. The first kappa shape index (κ1) is 13.0. The van der Waals surface area contributed by atoms with Gasteiger partial charge in [0.1, 0.15) is 5.82 Å². The fraction of sp³-hybridized carbons (Fsp3) is 0.286. The van der Waals surface area contributed by atoms with E-state index in [0.717, 1.165) is 17.1 Å². The van der Waals surface area contributed by atoms with Crippen molar-refractivity contribution in [3.63, 3.8) is 0 Å². The molecular weight excluding hydrogens is 238 g/mol. The van der Waals surface area contributed by atoms with Gasteiger partial charge >= 0.3 is 0 Å². The Hall–Kier alpha value is -2.48. The molecule has 2 rings (SSSR count). The highest BCUT2D eigenvalue weighted by Gasteiger charge is 2.08. The third kappa shape index (κ3) is 2.86. The van der Waals surface area contributed by atoms with Gasteiger partial charge in [0.15, 0.2) is 0 Å². The molecule has 0 saturated carbocycles. The number of aromatic nitrogens is 2. The number of hydrogen-bond acceptors (Lipinski definition) is 4. The molecule has 0 atom stereocenters. The van der Waals surface area contributed by atoms with Gasteiger partial charge in [0.25, 0.3) is 0 Å². The summed E-state index contributed by atoms with van der Waals surface area (Å²) in [7, 11) is 3.97. The summed E-state index contributed by atoms with van der Waals surface area (Å²) in [6.45, 7) is 0.708. The highest BCUT2D eigenvalue weighted by molar-refractivity contribution is 5.58. The van der Waals surface area contributed by atoms with Crippen LogP contribution < -0.4 is 10.6 Å². The third-order valence-corrected chi connectivity index (χ3v) is 3.14. The maximum absolute atomic E-state index is 8.78. The van der Waals surface area contributed by atoms with Crippen molar-refractivity contribution in [2.24, 2.45) is 7.05 Å². The van der Waals surface area contributed by atoms with E-state index in [1.54, 1.807) is 6.20 Å². The lowest BCUT2D eigenvalue weighted by molar-refractivity contribution is 0.761. The van der Waals surface area contributed by atoms with Crippen LogP contribution in [0.1, 0.15) is 11.4 Å². The fourth-order valence-electron chi connectivity index (χ4n) is 1.92. The van der Waals surface area contributed by atoms with Crippen LogP contribution >= 0.6 is 0 Å². The van der Waals surface area contributed by atoms with E-state index in [9.17, 15) is 0 Å². The van der Waals surface area contributed by atoms with Crippen LogP contribution in [0.25, 0.3) is 0 Å². The molecule has 0 unspecified atom stereocenters. The summed E-state index contributed by atoms with van der Waals surface area (Å²) >= 11 is 0. The summed E-state index contributed by atoms with van der Waals surface area (Å²) in [5.74, 6) is 0.987. The summed E-state index contributed by atoms with van der Waals surface area (Å²) in [4.78, 5) is 6.39. The zero-order valence-electron chi connectivity index (χ0n) is 11.2. The first-order valence-corrected chi connectivity index (χ1v) is 6.04. The number of nitriles is 1. The van der Waals surface area contributed by atoms with E-state index in [1.807, 2.05) is 43.1 Å². The van der Waals surface area contributed by atoms with Gasteiger partial charge in [0.05, 0.1) is 19.0 Å². The van der Waals surface area contributed by atoms with Gasteiger partial charge in [-0.15, -0.1) is 0 Å². The van der Waals surface area contributed by atoms with Crippen LogP contribution in [-0.2, 0) is 20.0 Å². The molecule has 1 heterocycles. The minimum absolute atomic E-state index is 0.329. The normalized spacial score (nSPS) is 10.2. The van der Waals surface area contributed by atoms with Gasteiger partial charge in [-0.25, -0.2) is 4.98 Å². The molecule has 0 aliphatic heterocycles. The summed E-state index contributed by atoms with van der Waals surface area (Å²) in [6, 6.07) is 7.89. The van der Waals surface area contributed by atoms with Crippen molar-refractivity contribution in [2.45, 2.75) is 13.0 Å². The summed E-state index contributed by atoms with van der Waals surface area (Å²) in [5, 5.41) is 8.78. The molecule has 0 fully saturated rings. The first-order chi connectivity index (χ1) is 9.11. The number of anilines is 2. The number of benzene rings is 1. The lowest BCUT2D eigenvalue weighted by Gasteiger charge is -2.20. The van der Waals surface area contributed by atoms with E-state index < -0.39 is 0 Å². The summed E-state index contributed by atoms with van der Waals surface area (Å²) < 4.78 is 1.99. The van der Waals surface area contributed by atoms with E-state index in [0.29, 0.717) is 18.7 Å². The van der Waals surface area contributed by atoms with Gasteiger partial charge in [-0.3, -0.25) is 0 Å². The molecule has 0 amide bonds. The second-order valence-electron chi connectivity index (χ2n) is 4.53. The first-order valence-electron chi connectivity index (χ1n) is 6.04. The lowest BCUT2D eigenvalue weighted by Crippen LogP contribution is -2.19. The second kappa shape index (κ2) is 5.44. The number of hydrogen-bond donors (Lipinski definition) is 1. The Bertz CT molecular complexity index is 609. The van der Waals surface area contributed by atoms with Crippen LogP contribution in [-0.4, -0.2) is 16.6 Å². The average molecular weight is 255 g/mol. The average Bonchev–Trinajstić information content (AvgIpc) is 2.78. The number of nitrogens with two attached hydrogens (primary N) is 1. The minimum atomic E-state index is 0.329. The van der Waals surface area contributed by atoms with Crippen LogP contribution in [0.15, 0.2) is 30.6 Å². The van der Waals surface area contributed by atoms with Crippen LogP contribution in [0, 0.1) is 11.3 Å². The highest BCUT2D eigenvalue weighted by atomic mass is 15.2. The maximum Gasteiger partial charge on any atom is 0.127 e. The molecule has 2 N–H and O–H groups in total. The van der Waals surface area contributed by atoms with Crippen molar-refractivity contribution >= 4 is 11.4 Å². The summed E-state index contributed by atoms with van der Waals surface area (Å²) in [5.41, 5.74) is 8.41. The van der Waals surface area contributed by atoms with Crippen molar-refractivity contribution in [2.75, 3.05) is 17.7 Å². The monoisotopic (exact) mass is 255 g/mol. The van der Waals surface area contributed by atoms with Gasteiger partial charge < -0.3 is 15.2 Å². The Balaban J connectivity index is 2.20. The zero-order valence-corrected chi connectivity index (χ0v) is 11.2. The molecule has 5 nitrogen and oxygen atoms in total. The van der Waals surface area contributed by atoms with Gasteiger partial charge in [0, 0.05) is 37.9 Å². The molecule has 5 heteroatoms. The molecule has 0 spiro atoms. The van der Waals surface area contributed by atoms with E-state index in [-0.39, 0.29) is 0 Å². The molecule has 0 radical (unpaired) electrons. The summed E-state index contributed by atoms with van der Waals surface area (Å²) in [6.07, 6.45) is 4.04.